The summed E-state index contributed by atoms with van der Waals surface area (Å²) in [4.78, 5) is 2.25. The Kier molecular flexibility index (Phi) is 1.50. The molecule has 5 heteroatoms. The van der Waals surface area contributed by atoms with Crippen LogP contribution in [0.5, 0.6) is 0 Å². The molecule has 1 N–H and O–H groups in total. The Morgan fingerprint density at radius 3 is 2.62 bits per heavy atom. The van der Waals surface area contributed by atoms with Gasteiger partial charge in [-0.2, -0.15) is 5.21 Å². The summed E-state index contributed by atoms with van der Waals surface area (Å²) in [7, 11) is 0. The second-order valence-electron chi connectivity index (χ2n) is 4.07. The second-order valence-corrected chi connectivity index (χ2v) is 4.07. The van der Waals surface area contributed by atoms with Gasteiger partial charge in [-0.05, 0) is 29.9 Å². The quantitative estimate of drug-likeness (QED) is 0.679. The van der Waals surface area contributed by atoms with Gasteiger partial charge in [0.15, 0.2) is 0 Å². The van der Waals surface area contributed by atoms with E-state index in [1.165, 1.54) is 19.3 Å². The van der Waals surface area contributed by atoms with E-state index in [2.05, 4.69) is 25.5 Å². The first-order chi connectivity index (χ1) is 6.43. The van der Waals surface area contributed by atoms with Crippen LogP contribution < -0.4 is 4.90 Å². The monoisotopic (exact) mass is 179 g/mol. The van der Waals surface area contributed by atoms with Crippen molar-refractivity contribution in [3.05, 3.63) is 0 Å². The maximum absolute atomic E-state index is 4.00. The minimum Gasteiger partial charge on any atom is -0.338 e. The Balaban J connectivity index is 1.76. The Morgan fingerprint density at radius 1 is 1.23 bits per heavy atom. The van der Waals surface area contributed by atoms with Crippen molar-refractivity contribution in [1.82, 2.24) is 20.6 Å². The van der Waals surface area contributed by atoms with Crippen molar-refractivity contribution >= 4 is 5.95 Å². The number of rotatable bonds is 1. The van der Waals surface area contributed by atoms with Crippen LogP contribution in [0.3, 0.4) is 0 Å². The molecule has 1 aliphatic heterocycles. The zero-order valence-corrected chi connectivity index (χ0v) is 7.48. The number of aromatic nitrogens is 4. The number of nitrogens with one attached hydrogen (secondary N) is 1. The third-order valence-electron chi connectivity index (χ3n) is 3.34. The third-order valence-corrected chi connectivity index (χ3v) is 3.34. The summed E-state index contributed by atoms with van der Waals surface area (Å²) in [6.07, 6.45) is 4.19. The SMILES string of the molecule is C1CC2CN(c3nn[nH]n3)CC2C1. The lowest BCUT2D eigenvalue weighted by Crippen LogP contribution is -2.21. The lowest BCUT2D eigenvalue weighted by Gasteiger charge is -2.12. The van der Waals surface area contributed by atoms with E-state index in [0.717, 1.165) is 30.9 Å². The van der Waals surface area contributed by atoms with E-state index in [0.29, 0.717) is 0 Å². The summed E-state index contributed by atoms with van der Waals surface area (Å²) in [5.41, 5.74) is 0. The van der Waals surface area contributed by atoms with Gasteiger partial charge in [0.2, 0.25) is 0 Å². The Morgan fingerprint density at radius 2 is 2.00 bits per heavy atom. The van der Waals surface area contributed by atoms with Crippen molar-refractivity contribution in [3.63, 3.8) is 0 Å². The number of tetrazole rings is 1. The number of H-pyrrole nitrogens is 1. The second kappa shape index (κ2) is 2.68. The molecule has 2 aliphatic rings. The topological polar surface area (TPSA) is 57.7 Å². The molecule has 5 nitrogen and oxygen atoms in total. The molecular formula is C8H13N5. The molecule has 0 radical (unpaired) electrons. The van der Waals surface area contributed by atoms with E-state index >= 15 is 0 Å². The number of hydrogen-bond acceptors (Lipinski definition) is 4. The molecule has 1 saturated heterocycles. The summed E-state index contributed by atoms with van der Waals surface area (Å²) < 4.78 is 0. The molecular weight excluding hydrogens is 166 g/mol. The van der Waals surface area contributed by atoms with E-state index in [4.69, 9.17) is 0 Å². The molecule has 1 saturated carbocycles. The van der Waals surface area contributed by atoms with Crippen LogP contribution in [0.2, 0.25) is 0 Å². The lowest BCUT2D eigenvalue weighted by molar-refractivity contribution is 0.494. The normalized spacial score (nSPS) is 32.5. The van der Waals surface area contributed by atoms with Crippen LogP contribution in [-0.2, 0) is 0 Å². The Hall–Kier alpha value is -1.13. The number of aromatic amines is 1. The molecule has 13 heavy (non-hydrogen) atoms. The van der Waals surface area contributed by atoms with E-state index in [-0.39, 0.29) is 0 Å². The molecule has 1 aliphatic carbocycles. The van der Waals surface area contributed by atoms with E-state index in [1.54, 1.807) is 0 Å². The highest BCUT2D eigenvalue weighted by Gasteiger charge is 2.37. The summed E-state index contributed by atoms with van der Waals surface area (Å²) in [6, 6.07) is 0. The van der Waals surface area contributed by atoms with Crippen LogP contribution in [0.15, 0.2) is 0 Å². The molecule has 2 heterocycles. The average molecular weight is 179 g/mol. The number of anilines is 1. The minimum atomic E-state index is 0.773. The lowest BCUT2D eigenvalue weighted by atomic mass is 10.0. The van der Waals surface area contributed by atoms with Crippen molar-refractivity contribution in [2.75, 3.05) is 18.0 Å². The van der Waals surface area contributed by atoms with Crippen LogP contribution in [-0.4, -0.2) is 33.7 Å². The van der Waals surface area contributed by atoms with Gasteiger partial charge in [0.1, 0.15) is 0 Å². The van der Waals surface area contributed by atoms with Gasteiger partial charge in [-0.25, -0.2) is 0 Å². The first-order valence-electron chi connectivity index (χ1n) is 4.92. The Bertz CT molecular complexity index is 271. The predicted octanol–water partition coefficient (Wildman–Crippen LogP) is 0.436. The molecule has 0 bridgehead atoms. The molecule has 0 spiro atoms. The standard InChI is InChI=1S/C8H13N5/c1-2-6-4-13(5-7(6)3-1)8-9-11-12-10-8/h6-7H,1-5H2,(H,9,10,11,12). The van der Waals surface area contributed by atoms with Gasteiger partial charge < -0.3 is 4.90 Å². The predicted molar refractivity (Wildman–Crippen MR) is 47.2 cm³/mol. The molecule has 2 atom stereocenters. The van der Waals surface area contributed by atoms with E-state index < -0.39 is 0 Å². The molecule has 2 fully saturated rings. The van der Waals surface area contributed by atoms with Gasteiger partial charge in [0.25, 0.3) is 5.95 Å². The third kappa shape index (κ3) is 1.10. The number of fused-ring (bicyclic) bond motifs is 1. The first-order valence-corrected chi connectivity index (χ1v) is 4.92. The molecule has 1 aromatic rings. The highest BCUT2D eigenvalue weighted by atomic mass is 15.5. The van der Waals surface area contributed by atoms with E-state index in [1.807, 2.05) is 0 Å². The van der Waals surface area contributed by atoms with Crippen molar-refractivity contribution in [2.24, 2.45) is 11.8 Å². The van der Waals surface area contributed by atoms with Crippen LogP contribution in [0.4, 0.5) is 5.95 Å². The highest BCUT2D eigenvalue weighted by Crippen LogP contribution is 2.38. The number of nitrogens with zero attached hydrogens (tertiary/aromatic N) is 4. The molecule has 1 aromatic heterocycles. The van der Waals surface area contributed by atoms with Crippen LogP contribution in [0, 0.1) is 11.8 Å². The summed E-state index contributed by atoms with van der Waals surface area (Å²) in [5, 5.41) is 14.1. The number of hydrogen-bond donors (Lipinski definition) is 1. The zero-order chi connectivity index (χ0) is 8.67. The molecule has 0 aromatic carbocycles. The van der Waals surface area contributed by atoms with Crippen molar-refractivity contribution in [2.45, 2.75) is 19.3 Å². The molecule has 3 rings (SSSR count). The fraction of sp³-hybridized carbons (Fsp3) is 0.875. The maximum atomic E-state index is 4.00. The van der Waals surface area contributed by atoms with Gasteiger partial charge >= 0.3 is 0 Å². The average Bonchev–Trinajstić information content (AvgIpc) is 2.78. The van der Waals surface area contributed by atoms with Crippen molar-refractivity contribution in [1.29, 1.82) is 0 Å². The first kappa shape index (κ1) is 7.29. The summed E-state index contributed by atoms with van der Waals surface area (Å²) in [6.45, 7) is 2.26. The van der Waals surface area contributed by atoms with Crippen molar-refractivity contribution in [3.8, 4) is 0 Å². The fourth-order valence-electron chi connectivity index (χ4n) is 2.69. The summed E-state index contributed by atoms with van der Waals surface area (Å²) >= 11 is 0. The van der Waals surface area contributed by atoms with Gasteiger partial charge in [-0.15, -0.1) is 5.10 Å². The van der Waals surface area contributed by atoms with Crippen LogP contribution >= 0.6 is 0 Å². The van der Waals surface area contributed by atoms with Gasteiger partial charge in [-0.1, -0.05) is 11.5 Å². The van der Waals surface area contributed by atoms with Crippen molar-refractivity contribution < 1.29 is 0 Å². The van der Waals surface area contributed by atoms with Crippen LogP contribution in [0.25, 0.3) is 0 Å². The van der Waals surface area contributed by atoms with E-state index in [9.17, 15) is 0 Å². The maximum Gasteiger partial charge on any atom is 0.265 e. The minimum absolute atomic E-state index is 0.773. The largest absolute Gasteiger partial charge is 0.338 e. The van der Waals surface area contributed by atoms with Gasteiger partial charge in [-0.3, -0.25) is 0 Å². The molecule has 0 amide bonds. The van der Waals surface area contributed by atoms with Gasteiger partial charge in [0.05, 0.1) is 0 Å². The summed E-state index contributed by atoms with van der Waals surface area (Å²) in [5.74, 6) is 2.55. The molecule has 2 unspecified atom stereocenters. The fourth-order valence-corrected chi connectivity index (χ4v) is 2.69. The zero-order valence-electron chi connectivity index (χ0n) is 7.48. The smallest absolute Gasteiger partial charge is 0.265 e. The Labute approximate surface area is 76.5 Å². The highest BCUT2D eigenvalue weighted by molar-refractivity contribution is 5.29. The molecule has 70 valence electrons. The van der Waals surface area contributed by atoms with Crippen LogP contribution in [0.1, 0.15) is 19.3 Å². The van der Waals surface area contributed by atoms with Gasteiger partial charge in [0, 0.05) is 13.1 Å².